The Morgan fingerprint density at radius 2 is 1.90 bits per heavy atom. The van der Waals surface area contributed by atoms with E-state index in [9.17, 15) is 9.90 Å². The lowest BCUT2D eigenvalue weighted by Crippen LogP contribution is -2.32. The van der Waals surface area contributed by atoms with Crippen LogP contribution in [0.15, 0.2) is 83.4 Å². The molecular formula is C28H22N8O2S. The summed E-state index contributed by atoms with van der Waals surface area (Å²) >= 11 is 1.43. The van der Waals surface area contributed by atoms with Crippen LogP contribution in [0.4, 0.5) is 5.82 Å². The van der Waals surface area contributed by atoms with Crippen LogP contribution in [0.5, 0.6) is 0 Å². The van der Waals surface area contributed by atoms with Gasteiger partial charge in [0.2, 0.25) is 0 Å². The number of nitrogen functional groups attached to an aromatic ring is 1. The summed E-state index contributed by atoms with van der Waals surface area (Å²) in [5.74, 6) is 6.68. The molecule has 2 unspecified atom stereocenters. The topological polar surface area (TPSA) is 136 Å². The van der Waals surface area contributed by atoms with Crippen molar-refractivity contribution < 1.29 is 5.11 Å². The number of thiazole rings is 1. The predicted octanol–water partition coefficient (Wildman–Crippen LogP) is 3.21. The molecule has 2 atom stereocenters. The first kappa shape index (κ1) is 24.4. The number of aromatic nitrogens is 6. The minimum Gasteiger partial charge on any atom is -0.382 e. The highest BCUT2D eigenvalue weighted by Gasteiger charge is 2.25. The first-order valence-corrected chi connectivity index (χ1v) is 12.9. The Morgan fingerprint density at radius 3 is 2.69 bits per heavy atom. The Balaban J connectivity index is 1.48. The standard InChI is InChI=1S/C28H22N8O2S/c1-17(32-27(37)23-24(29)34-35-15-6-13-31-26(23)35)25-33-20-10-5-7-18(11-12-21-30-14-16-39-21)22(20)28(38)36(25)19-8-3-2-4-9-19/h2-10,13-17,27,32,37H,1H3,(H2,29,34). The molecule has 4 N–H and O–H groups in total. The van der Waals surface area contributed by atoms with Crippen LogP contribution in [-0.2, 0) is 0 Å². The molecule has 0 aliphatic rings. The molecule has 6 aromatic rings. The number of aliphatic hydroxyl groups is 1. The third-order valence-corrected chi connectivity index (χ3v) is 6.89. The molecule has 0 aliphatic heterocycles. The summed E-state index contributed by atoms with van der Waals surface area (Å²) in [6.45, 7) is 1.82. The second-order valence-electron chi connectivity index (χ2n) is 8.71. The Hall–Kier alpha value is -4.89. The van der Waals surface area contributed by atoms with Gasteiger partial charge in [-0.1, -0.05) is 30.2 Å². The maximum Gasteiger partial charge on any atom is 0.267 e. The highest BCUT2D eigenvalue weighted by atomic mass is 32.1. The van der Waals surface area contributed by atoms with Crippen LogP contribution in [0, 0.1) is 11.8 Å². The summed E-state index contributed by atoms with van der Waals surface area (Å²) < 4.78 is 3.04. The van der Waals surface area contributed by atoms with Crippen LogP contribution in [-0.4, -0.2) is 34.2 Å². The number of hydrogen-bond donors (Lipinski definition) is 3. The average Bonchev–Trinajstić information content (AvgIpc) is 3.59. The number of para-hydroxylation sites is 1. The quantitative estimate of drug-likeness (QED) is 0.227. The minimum absolute atomic E-state index is 0.149. The van der Waals surface area contributed by atoms with Crippen molar-refractivity contribution in [1.82, 2.24) is 34.4 Å². The zero-order valence-corrected chi connectivity index (χ0v) is 21.5. The van der Waals surface area contributed by atoms with Gasteiger partial charge in [-0.25, -0.2) is 19.5 Å². The smallest absolute Gasteiger partial charge is 0.267 e. The number of nitrogens with two attached hydrogens (primary N) is 1. The van der Waals surface area contributed by atoms with Crippen molar-refractivity contribution in [3.63, 3.8) is 0 Å². The lowest BCUT2D eigenvalue weighted by Gasteiger charge is -2.22. The van der Waals surface area contributed by atoms with E-state index in [0.29, 0.717) is 44.2 Å². The number of nitrogens with one attached hydrogen (secondary N) is 1. The van der Waals surface area contributed by atoms with E-state index >= 15 is 0 Å². The summed E-state index contributed by atoms with van der Waals surface area (Å²) in [6.07, 6.45) is 3.77. The van der Waals surface area contributed by atoms with E-state index in [1.54, 1.807) is 41.4 Å². The molecule has 0 radical (unpaired) electrons. The third kappa shape index (κ3) is 4.53. The molecule has 6 rings (SSSR count). The van der Waals surface area contributed by atoms with Crippen molar-refractivity contribution in [2.75, 3.05) is 5.73 Å². The van der Waals surface area contributed by atoms with E-state index in [4.69, 9.17) is 10.7 Å². The van der Waals surface area contributed by atoms with E-state index in [0.717, 1.165) is 0 Å². The largest absolute Gasteiger partial charge is 0.382 e. The SMILES string of the molecule is CC(NC(O)c1c(N)nn2cccnc12)c1nc2cccc(C#Cc3nccs3)c2c(=O)n1-c1ccccc1. The summed E-state index contributed by atoms with van der Waals surface area (Å²) in [5, 5.41) is 21.4. The van der Waals surface area contributed by atoms with Gasteiger partial charge >= 0.3 is 0 Å². The van der Waals surface area contributed by atoms with Crippen LogP contribution in [0.3, 0.4) is 0 Å². The Kier molecular flexibility index (Phi) is 6.34. The number of benzene rings is 2. The summed E-state index contributed by atoms with van der Waals surface area (Å²) in [5.41, 5.74) is 8.29. The van der Waals surface area contributed by atoms with Crippen molar-refractivity contribution in [3.8, 4) is 17.5 Å². The van der Waals surface area contributed by atoms with Crippen LogP contribution >= 0.6 is 11.3 Å². The van der Waals surface area contributed by atoms with E-state index in [1.165, 1.54) is 15.9 Å². The predicted molar refractivity (Wildman–Crippen MR) is 149 cm³/mol. The Labute approximate surface area is 226 Å². The molecule has 0 aliphatic carbocycles. The molecule has 0 amide bonds. The van der Waals surface area contributed by atoms with Gasteiger partial charge in [0, 0.05) is 29.5 Å². The first-order chi connectivity index (χ1) is 19.0. The van der Waals surface area contributed by atoms with Gasteiger partial charge in [-0.05, 0) is 43.2 Å². The van der Waals surface area contributed by atoms with E-state index < -0.39 is 12.3 Å². The lowest BCUT2D eigenvalue weighted by atomic mass is 10.1. The average molecular weight is 535 g/mol. The molecule has 11 heteroatoms. The number of rotatable bonds is 5. The van der Waals surface area contributed by atoms with Gasteiger partial charge in [0.1, 0.15) is 12.1 Å². The van der Waals surface area contributed by atoms with Gasteiger partial charge in [0.15, 0.2) is 16.5 Å². The zero-order valence-electron chi connectivity index (χ0n) is 20.7. The maximum absolute atomic E-state index is 14.1. The third-order valence-electron chi connectivity index (χ3n) is 6.20. The van der Waals surface area contributed by atoms with Gasteiger partial charge in [-0.15, -0.1) is 16.4 Å². The molecule has 192 valence electrons. The molecular weight excluding hydrogens is 512 g/mol. The fourth-order valence-electron chi connectivity index (χ4n) is 4.45. The molecule has 0 saturated carbocycles. The fraction of sp³-hybridized carbons (Fsp3) is 0.107. The van der Waals surface area contributed by atoms with Gasteiger partial charge < -0.3 is 10.8 Å². The zero-order chi connectivity index (χ0) is 26.9. The molecule has 4 aromatic heterocycles. The van der Waals surface area contributed by atoms with Gasteiger partial charge in [-0.3, -0.25) is 14.7 Å². The van der Waals surface area contributed by atoms with Crippen LogP contribution < -0.4 is 16.6 Å². The molecule has 0 spiro atoms. The van der Waals surface area contributed by atoms with Crippen molar-refractivity contribution in [2.24, 2.45) is 0 Å². The van der Waals surface area contributed by atoms with E-state index in [-0.39, 0.29) is 11.4 Å². The fourth-order valence-corrected chi connectivity index (χ4v) is 4.94. The molecule has 10 nitrogen and oxygen atoms in total. The molecule has 0 bridgehead atoms. The minimum atomic E-state index is -1.22. The van der Waals surface area contributed by atoms with Crippen LogP contribution in [0.2, 0.25) is 0 Å². The molecule has 39 heavy (non-hydrogen) atoms. The van der Waals surface area contributed by atoms with E-state index in [2.05, 4.69) is 32.2 Å². The van der Waals surface area contributed by atoms with Gasteiger partial charge in [0.25, 0.3) is 5.56 Å². The number of fused-ring (bicyclic) bond motifs is 2. The molecule has 0 saturated heterocycles. The van der Waals surface area contributed by atoms with Crippen molar-refractivity contribution in [3.05, 3.63) is 111 Å². The molecule has 4 heterocycles. The number of nitrogens with zero attached hydrogens (tertiary/aromatic N) is 6. The highest BCUT2D eigenvalue weighted by molar-refractivity contribution is 7.10. The Morgan fingerprint density at radius 1 is 1.05 bits per heavy atom. The van der Waals surface area contributed by atoms with Crippen LogP contribution in [0.1, 0.15) is 41.2 Å². The normalized spacial score (nSPS) is 12.8. The number of anilines is 1. The van der Waals surface area contributed by atoms with Gasteiger partial charge in [0.05, 0.1) is 28.2 Å². The lowest BCUT2D eigenvalue weighted by molar-refractivity contribution is 0.126. The van der Waals surface area contributed by atoms with Gasteiger partial charge in [-0.2, -0.15) is 0 Å². The molecule has 2 aromatic carbocycles. The van der Waals surface area contributed by atoms with Crippen molar-refractivity contribution in [2.45, 2.75) is 19.2 Å². The first-order valence-electron chi connectivity index (χ1n) is 12.1. The number of aliphatic hydroxyl groups excluding tert-OH is 1. The van der Waals surface area contributed by atoms with Crippen LogP contribution in [0.25, 0.3) is 22.2 Å². The number of hydrogen-bond acceptors (Lipinski definition) is 9. The van der Waals surface area contributed by atoms with E-state index in [1.807, 2.05) is 48.7 Å². The summed E-state index contributed by atoms with van der Waals surface area (Å²) in [7, 11) is 0. The van der Waals surface area contributed by atoms with Crippen molar-refractivity contribution >= 4 is 33.7 Å². The Bertz CT molecular complexity index is 1920. The maximum atomic E-state index is 14.1. The summed E-state index contributed by atoms with van der Waals surface area (Å²) in [6, 6.07) is 15.8. The summed E-state index contributed by atoms with van der Waals surface area (Å²) in [4.78, 5) is 27.5. The molecule has 0 fully saturated rings. The second kappa shape index (κ2) is 10.1. The monoisotopic (exact) mass is 534 g/mol. The second-order valence-corrected chi connectivity index (χ2v) is 9.61. The highest BCUT2D eigenvalue weighted by Crippen LogP contribution is 2.26. The van der Waals surface area contributed by atoms with Crippen molar-refractivity contribution in [1.29, 1.82) is 0 Å².